The van der Waals surface area contributed by atoms with Gasteiger partial charge in [0.05, 0.1) is 22.9 Å². The van der Waals surface area contributed by atoms with Crippen LogP contribution in [0.2, 0.25) is 0 Å². The molecule has 0 bridgehead atoms. The van der Waals surface area contributed by atoms with Crippen LogP contribution < -0.4 is 5.32 Å². The smallest absolute Gasteiger partial charge is 0.123 e. The molecule has 0 aliphatic carbocycles. The Morgan fingerprint density at radius 3 is 2.56 bits per heavy atom. The molecule has 39 heavy (non-hydrogen) atoms. The summed E-state index contributed by atoms with van der Waals surface area (Å²) in [7, 11) is 0. The summed E-state index contributed by atoms with van der Waals surface area (Å²) in [5.41, 5.74) is 8.89. The van der Waals surface area contributed by atoms with Gasteiger partial charge in [-0.2, -0.15) is 5.10 Å². The highest BCUT2D eigenvalue weighted by molar-refractivity contribution is 6.01. The summed E-state index contributed by atoms with van der Waals surface area (Å²) in [4.78, 5) is 7.84. The number of rotatable bonds is 7. The summed E-state index contributed by atoms with van der Waals surface area (Å²) in [6.07, 6.45) is 9.49. The zero-order valence-corrected chi connectivity index (χ0v) is 22.7. The summed E-state index contributed by atoms with van der Waals surface area (Å²) < 4.78 is 13.9. The summed E-state index contributed by atoms with van der Waals surface area (Å²) in [6.45, 7) is 16.5. The molecule has 0 aliphatic heterocycles. The van der Waals surface area contributed by atoms with Crippen LogP contribution in [0.25, 0.3) is 49.9 Å². The second-order valence-corrected chi connectivity index (χ2v) is 10.6. The number of pyridine rings is 1. The third-order valence-electron chi connectivity index (χ3n) is 6.88. The Labute approximate surface area is 227 Å². The Kier molecular flexibility index (Phi) is 6.79. The zero-order valence-electron chi connectivity index (χ0n) is 22.7. The van der Waals surface area contributed by atoms with Gasteiger partial charge in [-0.3, -0.25) is 10.1 Å². The molecule has 196 valence electrons. The van der Waals surface area contributed by atoms with Crippen molar-refractivity contribution in [1.29, 1.82) is 0 Å². The summed E-state index contributed by atoms with van der Waals surface area (Å²) in [5.74, 6) is -0.280. The van der Waals surface area contributed by atoms with Crippen molar-refractivity contribution in [1.82, 2.24) is 25.5 Å². The molecule has 3 aromatic heterocycles. The van der Waals surface area contributed by atoms with Gasteiger partial charge in [0.15, 0.2) is 0 Å². The summed E-state index contributed by atoms with van der Waals surface area (Å²) >= 11 is 0. The van der Waals surface area contributed by atoms with Crippen molar-refractivity contribution >= 4 is 27.4 Å². The highest BCUT2D eigenvalue weighted by Gasteiger charge is 2.17. The van der Waals surface area contributed by atoms with E-state index in [9.17, 15) is 4.39 Å². The number of hydrogen-bond donors (Lipinski definition) is 3. The Morgan fingerprint density at radius 1 is 1.03 bits per heavy atom. The average molecular weight is 518 g/mol. The number of nitrogens with one attached hydrogen (secondary N) is 3. The van der Waals surface area contributed by atoms with Crippen molar-refractivity contribution in [2.24, 2.45) is 5.41 Å². The summed E-state index contributed by atoms with van der Waals surface area (Å²) in [5, 5.41) is 13.1. The normalized spacial score (nSPS) is 12.7. The first-order chi connectivity index (χ1) is 18.7. The highest BCUT2D eigenvalue weighted by Crippen LogP contribution is 2.34. The van der Waals surface area contributed by atoms with E-state index in [4.69, 9.17) is 0 Å². The average Bonchev–Trinajstić information content (AvgIpc) is 3.53. The number of halogens is 1. The van der Waals surface area contributed by atoms with E-state index in [1.807, 2.05) is 25.1 Å². The van der Waals surface area contributed by atoms with E-state index in [2.05, 4.69) is 83.7 Å². The minimum Gasteiger partial charge on any atom is -0.359 e. The molecule has 0 fully saturated rings. The van der Waals surface area contributed by atoms with Gasteiger partial charge in [-0.15, -0.1) is 0 Å². The molecule has 2 aromatic carbocycles. The Bertz CT molecular complexity index is 1780. The predicted octanol–water partition coefficient (Wildman–Crippen LogP) is 8.53. The Balaban J connectivity index is 1.55. The van der Waals surface area contributed by atoms with E-state index in [-0.39, 0.29) is 11.2 Å². The predicted molar refractivity (Wildman–Crippen MR) is 160 cm³/mol. The first kappa shape index (κ1) is 25.9. The van der Waals surface area contributed by atoms with Gasteiger partial charge in [-0.25, -0.2) is 4.39 Å². The second-order valence-electron chi connectivity index (χ2n) is 10.6. The van der Waals surface area contributed by atoms with E-state index in [1.54, 1.807) is 24.5 Å². The minimum atomic E-state index is -0.280. The van der Waals surface area contributed by atoms with Crippen LogP contribution in [0, 0.1) is 11.2 Å². The fraction of sp³-hybridized carbons (Fsp3) is 0.152. The van der Waals surface area contributed by atoms with Gasteiger partial charge >= 0.3 is 0 Å². The molecule has 0 unspecified atom stereocenters. The standard InChI is InChI=1S/C33H32FN5/c1-7-21(15-25(8-2)36-20(3)33(4,5)6)22-12-13-29-27(16-22)32(39-38-29)30-17-26-28(18-35-19-31(26)37-30)23-10-9-11-24(34)14-23/h7-19,36-37H,2-3H2,1,4-6H3,(H,38,39)/b21-7+,25-15+. The van der Waals surface area contributed by atoms with Crippen molar-refractivity contribution in [2.45, 2.75) is 27.7 Å². The number of aromatic nitrogens is 4. The molecule has 0 radical (unpaired) electrons. The van der Waals surface area contributed by atoms with Crippen LogP contribution in [-0.2, 0) is 0 Å². The monoisotopic (exact) mass is 517 g/mol. The number of aromatic amines is 2. The number of hydrogen-bond acceptors (Lipinski definition) is 3. The molecule has 3 N–H and O–H groups in total. The van der Waals surface area contributed by atoms with Crippen LogP contribution in [0.5, 0.6) is 0 Å². The van der Waals surface area contributed by atoms with E-state index in [0.717, 1.165) is 66.9 Å². The van der Waals surface area contributed by atoms with Crippen LogP contribution in [0.1, 0.15) is 33.3 Å². The van der Waals surface area contributed by atoms with E-state index >= 15 is 0 Å². The number of H-pyrrole nitrogens is 2. The Hall–Kier alpha value is -4.71. The maximum absolute atomic E-state index is 13.9. The SMILES string of the molecule is C=C/C(=C\C(=C/C)c1ccc2[nH]nc(-c3cc4c(-c5cccc(F)c5)cncc4[nH]3)c2c1)NC(=C)C(C)(C)C. The molecule has 0 saturated heterocycles. The van der Waals surface area contributed by atoms with Gasteiger partial charge in [0.2, 0.25) is 0 Å². The largest absolute Gasteiger partial charge is 0.359 e. The van der Waals surface area contributed by atoms with Gasteiger partial charge < -0.3 is 10.3 Å². The van der Waals surface area contributed by atoms with Crippen LogP contribution in [0.3, 0.4) is 0 Å². The topological polar surface area (TPSA) is 69.4 Å². The van der Waals surface area contributed by atoms with Crippen molar-refractivity contribution in [2.75, 3.05) is 0 Å². The van der Waals surface area contributed by atoms with Crippen LogP contribution in [-0.4, -0.2) is 20.2 Å². The van der Waals surface area contributed by atoms with Crippen LogP contribution in [0.15, 0.2) is 104 Å². The third-order valence-corrected chi connectivity index (χ3v) is 6.88. The fourth-order valence-corrected chi connectivity index (χ4v) is 4.47. The molecule has 5 rings (SSSR count). The molecule has 0 atom stereocenters. The molecule has 6 heteroatoms. The molecule has 5 nitrogen and oxygen atoms in total. The lowest BCUT2D eigenvalue weighted by Crippen LogP contribution is -2.22. The first-order valence-corrected chi connectivity index (χ1v) is 12.9. The molecule has 3 heterocycles. The fourth-order valence-electron chi connectivity index (χ4n) is 4.47. The zero-order chi connectivity index (χ0) is 27.7. The van der Waals surface area contributed by atoms with Crippen molar-refractivity contribution < 1.29 is 4.39 Å². The number of nitrogens with zero attached hydrogens (tertiary/aromatic N) is 2. The maximum atomic E-state index is 13.9. The van der Waals surface area contributed by atoms with E-state index in [1.165, 1.54) is 12.1 Å². The molecular formula is C33H32FN5. The van der Waals surface area contributed by atoms with Gasteiger partial charge in [-0.1, -0.05) is 58.2 Å². The number of fused-ring (bicyclic) bond motifs is 2. The van der Waals surface area contributed by atoms with Crippen molar-refractivity contribution in [3.8, 4) is 22.5 Å². The number of benzene rings is 2. The summed E-state index contributed by atoms with van der Waals surface area (Å²) in [6, 6.07) is 14.9. The molecular weight excluding hydrogens is 485 g/mol. The quantitative estimate of drug-likeness (QED) is 0.190. The van der Waals surface area contributed by atoms with Gasteiger partial charge in [0.25, 0.3) is 0 Å². The van der Waals surface area contributed by atoms with E-state index in [0.29, 0.717) is 0 Å². The van der Waals surface area contributed by atoms with Crippen molar-refractivity contribution in [3.05, 3.63) is 115 Å². The van der Waals surface area contributed by atoms with Crippen molar-refractivity contribution in [3.63, 3.8) is 0 Å². The van der Waals surface area contributed by atoms with Crippen LogP contribution in [0.4, 0.5) is 4.39 Å². The molecule has 0 amide bonds. The van der Waals surface area contributed by atoms with Gasteiger partial charge in [0.1, 0.15) is 11.5 Å². The van der Waals surface area contributed by atoms with Gasteiger partial charge in [0, 0.05) is 39.3 Å². The van der Waals surface area contributed by atoms with Crippen LogP contribution >= 0.6 is 0 Å². The molecule has 0 saturated carbocycles. The lowest BCUT2D eigenvalue weighted by Gasteiger charge is -2.24. The van der Waals surface area contributed by atoms with E-state index < -0.39 is 0 Å². The lowest BCUT2D eigenvalue weighted by atomic mass is 9.92. The second kappa shape index (κ2) is 10.2. The maximum Gasteiger partial charge on any atom is 0.123 e. The molecule has 5 aromatic rings. The molecule has 0 spiro atoms. The first-order valence-electron chi connectivity index (χ1n) is 12.9. The third kappa shape index (κ3) is 5.18. The van der Waals surface area contributed by atoms with Gasteiger partial charge in [-0.05, 0) is 66.1 Å². The number of allylic oxidation sites excluding steroid dienone is 5. The Morgan fingerprint density at radius 2 is 1.85 bits per heavy atom. The highest BCUT2D eigenvalue weighted by atomic mass is 19.1. The minimum absolute atomic E-state index is 0.0769. The lowest BCUT2D eigenvalue weighted by molar-refractivity contribution is 0.478. The molecule has 0 aliphatic rings.